The maximum atomic E-state index is 13.5. The molecule has 0 aromatic heterocycles. The maximum Gasteiger partial charge on any atom is 0.243 e. The minimum absolute atomic E-state index is 0.0244. The van der Waals surface area contributed by atoms with Crippen LogP contribution < -0.4 is 14.4 Å². The van der Waals surface area contributed by atoms with Crippen LogP contribution in [0.4, 0.5) is 5.69 Å². The van der Waals surface area contributed by atoms with E-state index < -0.39 is 16.1 Å². The van der Waals surface area contributed by atoms with Crippen molar-refractivity contribution in [1.82, 2.24) is 10.2 Å². The summed E-state index contributed by atoms with van der Waals surface area (Å²) in [5.41, 5.74) is 1.03. The first-order valence-corrected chi connectivity index (χ1v) is 15.2. The van der Waals surface area contributed by atoms with Gasteiger partial charge in [-0.05, 0) is 70.0 Å². The van der Waals surface area contributed by atoms with Crippen LogP contribution in [-0.2, 0) is 26.2 Å². The fourth-order valence-electron chi connectivity index (χ4n) is 4.03. The molecule has 0 saturated heterocycles. The van der Waals surface area contributed by atoms with Gasteiger partial charge in [0.25, 0.3) is 0 Å². The van der Waals surface area contributed by atoms with Gasteiger partial charge in [0.05, 0.1) is 18.6 Å². The van der Waals surface area contributed by atoms with E-state index in [1.165, 1.54) is 9.21 Å². The summed E-state index contributed by atoms with van der Waals surface area (Å²) < 4.78 is 31.8. The summed E-state index contributed by atoms with van der Waals surface area (Å²) in [5, 5.41) is 3.67. The normalized spacial score (nSPS) is 12.2. The van der Waals surface area contributed by atoms with Gasteiger partial charge in [-0.3, -0.25) is 13.9 Å². The molecule has 0 aliphatic carbocycles. The average Bonchev–Trinajstić information content (AvgIpc) is 2.83. The molecular formula is C27H37Cl2N3O5S. The lowest BCUT2D eigenvalue weighted by Gasteiger charge is -2.32. The molecule has 2 rings (SSSR count). The SMILES string of the molecule is CCOc1ccc(N(CCCC(=O)N(Cc2c(Cl)cccc2Cl)C(CC)C(=O)NC(C)C)S(C)(=O)=O)cc1. The van der Waals surface area contributed by atoms with Gasteiger partial charge in [-0.25, -0.2) is 8.42 Å². The molecule has 0 radical (unpaired) electrons. The molecule has 11 heteroatoms. The number of sulfonamides is 1. The van der Waals surface area contributed by atoms with Crippen molar-refractivity contribution in [2.24, 2.45) is 0 Å². The lowest BCUT2D eigenvalue weighted by molar-refractivity contribution is -0.141. The topological polar surface area (TPSA) is 96.0 Å². The van der Waals surface area contributed by atoms with Crippen LogP contribution in [0.1, 0.15) is 52.5 Å². The molecule has 1 unspecified atom stereocenters. The van der Waals surface area contributed by atoms with Crippen LogP contribution >= 0.6 is 23.2 Å². The molecule has 2 aromatic rings. The van der Waals surface area contributed by atoms with Gasteiger partial charge in [-0.2, -0.15) is 0 Å². The van der Waals surface area contributed by atoms with Gasteiger partial charge in [0.15, 0.2) is 0 Å². The molecule has 0 bridgehead atoms. The van der Waals surface area contributed by atoms with E-state index >= 15 is 0 Å². The molecule has 2 amide bonds. The van der Waals surface area contributed by atoms with Gasteiger partial charge in [-0.1, -0.05) is 36.2 Å². The van der Waals surface area contributed by atoms with Crippen molar-refractivity contribution in [3.05, 3.63) is 58.1 Å². The molecular weight excluding hydrogens is 549 g/mol. The van der Waals surface area contributed by atoms with Gasteiger partial charge in [0.1, 0.15) is 11.8 Å². The number of hydrogen-bond acceptors (Lipinski definition) is 5. The van der Waals surface area contributed by atoms with E-state index in [0.717, 1.165) is 6.26 Å². The van der Waals surface area contributed by atoms with Crippen molar-refractivity contribution in [1.29, 1.82) is 0 Å². The fraction of sp³-hybridized carbons (Fsp3) is 0.481. The molecule has 0 saturated carbocycles. The molecule has 1 atom stereocenters. The molecule has 0 aliphatic heterocycles. The Morgan fingerprint density at radius 1 is 1.03 bits per heavy atom. The Balaban J connectivity index is 2.25. The molecule has 0 heterocycles. The van der Waals surface area contributed by atoms with E-state index in [9.17, 15) is 18.0 Å². The Kier molecular flexibility index (Phi) is 12.2. The molecule has 0 aliphatic rings. The Hall–Kier alpha value is -2.49. The highest BCUT2D eigenvalue weighted by molar-refractivity contribution is 7.92. The molecule has 2 aromatic carbocycles. The summed E-state index contributed by atoms with van der Waals surface area (Å²) in [5.74, 6) is 0.0668. The largest absolute Gasteiger partial charge is 0.494 e. The third-order valence-electron chi connectivity index (χ3n) is 5.79. The number of amides is 2. The fourth-order valence-corrected chi connectivity index (χ4v) is 5.52. The van der Waals surface area contributed by atoms with Crippen molar-refractivity contribution in [3.63, 3.8) is 0 Å². The number of ether oxygens (including phenoxy) is 1. The van der Waals surface area contributed by atoms with Crippen LogP contribution in [0.25, 0.3) is 0 Å². The minimum atomic E-state index is -3.60. The number of hydrogen-bond donors (Lipinski definition) is 1. The summed E-state index contributed by atoms with van der Waals surface area (Å²) in [6.45, 7) is 8.04. The number of carbonyl (C=O) groups excluding carboxylic acids is 2. The number of nitrogens with zero attached hydrogens (tertiary/aromatic N) is 2. The Labute approximate surface area is 236 Å². The third-order valence-corrected chi connectivity index (χ3v) is 7.70. The highest BCUT2D eigenvalue weighted by atomic mass is 35.5. The molecule has 38 heavy (non-hydrogen) atoms. The highest BCUT2D eigenvalue weighted by Gasteiger charge is 2.30. The van der Waals surface area contributed by atoms with Gasteiger partial charge in [0, 0.05) is 41.2 Å². The second-order valence-electron chi connectivity index (χ2n) is 9.17. The number of anilines is 1. The smallest absolute Gasteiger partial charge is 0.243 e. The number of nitrogens with one attached hydrogen (secondary N) is 1. The Morgan fingerprint density at radius 3 is 2.13 bits per heavy atom. The zero-order chi connectivity index (χ0) is 28.5. The van der Waals surface area contributed by atoms with Crippen LogP contribution in [0.5, 0.6) is 5.75 Å². The first-order valence-electron chi connectivity index (χ1n) is 12.6. The average molecular weight is 587 g/mol. The van der Waals surface area contributed by atoms with Crippen molar-refractivity contribution in [2.75, 3.05) is 23.7 Å². The van der Waals surface area contributed by atoms with Crippen LogP contribution in [0.2, 0.25) is 10.0 Å². The molecule has 1 N–H and O–H groups in total. The van der Waals surface area contributed by atoms with Gasteiger partial charge in [0.2, 0.25) is 21.8 Å². The first-order chi connectivity index (χ1) is 17.9. The summed E-state index contributed by atoms with van der Waals surface area (Å²) in [6.07, 6.45) is 1.78. The van der Waals surface area contributed by atoms with Crippen molar-refractivity contribution < 1.29 is 22.7 Å². The summed E-state index contributed by atoms with van der Waals surface area (Å²) in [4.78, 5) is 28.0. The standard InChI is InChI=1S/C27H37Cl2N3O5S/c1-6-25(27(34)30-19(3)4)31(18-22-23(28)10-8-11-24(22)29)26(33)12-9-17-32(38(5,35)36)20-13-15-21(16-14-20)37-7-2/h8,10-11,13-16,19,25H,6-7,9,12,17-18H2,1-5H3,(H,30,34). The quantitative estimate of drug-likeness (QED) is 0.326. The molecule has 0 fully saturated rings. The predicted molar refractivity (Wildman–Crippen MR) is 153 cm³/mol. The summed E-state index contributed by atoms with van der Waals surface area (Å²) >= 11 is 12.8. The Morgan fingerprint density at radius 2 is 1.63 bits per heavy atom. The first kappa shape index (κ1) is 31.7. The highest BCUT2D eigenvalue weighted by Crippen LogP contribution is 2.28. The van der Waals surface area contributed by atoms with Crippen LogP contribution in [0.15, 0.2) is 42.5 Å². The van der Waals surface area contributed by atoms with E-state index in [1.807, 2.05) is 27.7 Å². The molecule has 0 spiro atoms. The van der Waals surface area contributed by atoms with E-state index in [-0.39, 0.29) is 43.8 Å². The lowest BCUT2D eigenvalue weighted by atomic mass is 10.1. The van der Waals surface area contributed by atoms with Crippen LogP contribution in [-0.4, -0.2) is 56.6 Å². The summed E-state index contributed by atoms with van der Waals surface area (Å²) in [7, 11) is -3.60. The second-order valence-corrected chi connectivity index (χ2v) is 11.9. The van der Waals surface area contributed by atoms with Crippen molar-refractivity contribution in [3.8, 4) is 5.75 Å². The summed E-state index contributed by atoms with van der Waals surface area (Å²) in [6, 6.07) is 11.0. The van der Waals surface area contributed by atoms with Crippen LogP contribution in [0, 0.1) is 0 Å². The minimum Gasteiger partial charge on any atom is -0.494 e. The van der Waals surface area contributed by atoms with E-state index in [2.05, 4.69) is 5.32 Å². The van der Waals surface area contributed by atoms with Gasteiger partial charge in [-0.15, -0.1) is 0 Å². The monoisotopic (exact) mass is 585 g/mol. The van der Waals surface area contributed by atoms with E-state index in [1.54, 1.807) is 42.5 Å². The van der Waals surface area contributed by atoms with Crippen LogP contribution in [0.3, 0.4) is 0 Å². The number of halogens is 2. The van der Waals surface area contributed by atoms with E-state index in [4.69, 9.17) is 27.9 Å². The lowest BCUT2D eigenvalue weighted by Crippen LogP contribution is -2.50. The molecule has 8 nitrogen and oxygen atoms in total. The number of benzene rings is 2. The Bertz CT molecular complexity index is 1170. The molecule has 210 valence electrons. The zero-order valence-corrected chi connectivity index (χ0v) is 24.9. The van der Waals surface area contributed by atoms with Crippen molar-refractivity contribution >= 4 is 50.7 Å². The third kappa shape index (κ3) is 9.06. The van der Waals surface area contributed by atoms with Gasteiger partial charge < -0.3 is 15.0 Å². The number of carbonyl (C=O) groups is 2. The second kappa shape index (κ2) is 14.6. The zero-order valence-electron chi connectivity index (χ0n) is 22.5. The predicted octanol–water partition coefficient (Wildman–Crippen LogP) is 5.27. The van der Waals surface area contributed by atoms with Crippen molar-refractivity contribution in [2.45, 2.75) is 65.6 Å². The van der Waals surface area contributed by atoms with Gasteiger partial charge >= 0.3 is 0 Å². The maximum absolute atomic E-state index is 13.5. The number of rotatable bonds is 14. The van der Waals surface area contributed by atoms with E-state index in [0.29, 0.717) is 40.1 Å².